The van der Waals surface area contributed by atoms with Gasteiger partial charge in [-0.1, -0.05) is 48.9 Å². The van der Waals surface area contributed by atoms with Gasteiger partial charge in [0.1, 0.15) is 24.7 Å². The molecular formula is C32H38N2O4. The van der Waals surface area contributed by atoms with Crippen LogP contribution in [0.2, 0.25) is 0 Å². The summed E-state index contributed by atoms with van der Waals surface area (Å²) in [5.74, 6) is 1.69. The maximum atomic E-state index is 13.5. The van der Waals surface area contributed by atoms with Crippen molar-refractivity contribution in [3.05, 3.63) is 95.1 Å². The number of nitrogens with zero attached hydrogens (tertiary/aromatic N) is 2. The van der Waals surface area contributed by atoms with Crippen LogP contribution in [0, 0.1) is 0 Å². The van der Waals surface area contributed by atoms with Crippen molar-refractivity contribution in [1.82, 2.24) is 9.80 Å². The van der Waals surface area contributed by atoms with Crippen LogP contribution in [-0.4, -0.2) is 68.3 Å². The lowest BCUT2D eigenvalue weighted by atomic mass is 10.0. The van der Waals surface area contributed by atoms with Crippen LogP contribution in [0.15, 0.2) is 72.8 Å². The normalized spacial score (nSPS) is 17.1. The van der Waals surface area contributed by atoms with Gasteiger partial charge >= 0.3 is 0 Å². The minimum atomic E-state index is -0.00689. The number of likely N-dealkylation sites (tertiary alicyclic amines) is 1. The number of benzene rings is 3. The van der Waals surface area contributed by atoms with E-state index in [2.05, 4.69) is 35.2 Å². The lowest BCUT2D eigenvalue weighted by Crippen LogP contribution is -2.34. The Bertz CT molecular complexity index is 1170. The van der Waals surface area contributed by atoms with Gasteiger partial charge in [0.2, 0.25) is 0 Å². The maximum Gasteiger partial charge on any atom is 0.254 e. The standard InChI is InChI=1S/C32H38N2O4/c35-32(28-11-13-30(14-12-28)37-20-17-33-15-4-1-5-16-33)34-18-19-36-21-22-38-31-10-3-2-9-29(31)24-26-7-6-8-27(23-26)25-34/h2-3,6-14,23H,1,4-5,15-22,24-25H2. The summed E-state index contributed by atoms with van der Waals surface area (Å²) in [5, 5.41) is 0. The molecular weight excluding hydrogens is 476 g/mol. The van der Waals surface area contributed by atoms with Crippen molar-refractivity contribution >= 4 is 5.91 Å². The van der Waals surface area contributed by atoms with Crippen molar-refractivity contribution in [1.29, 1.82) is 0 Å². The Labute approximate surface area is 226 Å². The Balaban J connectivity index is 1.24. The number of hydrogen-bond donors (Lipinski definition) is 0. The zero-order valence-electron chi connectivity index (χ0n) is 22.1. The zero-order valence-corrected chi connectivity index (χ0v) is 22.1. The number of piperidine rings is 1. The Morgan fingerprint density at radius 3 is 2.50 bits per heavy atom. The smallest absolute Gasteiger partial charge is 0.254 e. The van der Waals surface area contributed by atoms with Gasteiger partial charge in [-0.05, 0) is 73.0 Å². The van der Waals surface area contributed by atoms with E-state index in [9.17, 15) is 4.79 Å². The molecule has 1 amide bonds. The minimum absolute atomic E-state index is 0.00689. The fourth-order valence-electron chi connectivity index (χ4n) is 5.16. The van der Waals surface area contributed by atoms with E-state index in [-0.39, 0.29) is 5.91 Å². The Morgan fingerprint density at radius 1 is 0.816 bits per heavy atom. The molecule has 0 N–H and O–H groups in total. The monoisotopic (exact) mass is 514 g/mol. The first kappa shape index (κ1) is 26.3. The molecule has 2 bridgehead atoms. The first-order valence-electron chi connectivity index (χ1n) is 13.9. The molecule has 0 unspecified atom stereocenters. The van der Waals surface area contributed by atoms with Gasteiger partial charge in [-0.25, -0.2) is 0 Å². The summed E-state index contributed by atoms with van der Waals surface area (Å²) in [7, 11) is 0. The highest BCUT2D eigenvalue weighted by Gasteiger charge is 2.18. The molecule has 0 spiro atoms. The molecule has 6 heteroatoms. The van der Waals surface area contributed by atoms with Gasteiger partial charge in [-0.15, -0.1) is 0 Å². The van der Waals surface area contributed by atoms with Gasteiger partial charge in [-0.3, -0.25) is 9.69 Å². The molecule has 0 aliphatic carbocycles. The Hall–Kier alpha value is -3.35. The third-order valence-electron chi connectivity index (χ3n) is 7.24. The number of ether oxygens (including phenoxy) is 3. The van der Waals surface area contributed by atoms with Gasteiger partial charge in [0.15, 0.2) is 0 Å². The first-order valence-corrected chi connectivity index (χ1v) is 13.9. The molecule has 6 nitrogen and oxygen atoms in total. The van der Waals surface area contributed by atoms with Crippen LogP contribution in [0.3, 0.4) is 0 Å². The number of fused-ring (bicyclic) bond motifs is 3. The molecule has 0 aromatic heterocycles. The maximum absolute atomic E-state index is 13.5. The number of hydrogen-bond acceptors (Lipinski definition) is 5. The number of carbonyl (C=O) groups excluding carboxylic acids is 1. The second-order valence-electron chi connectivity index (χ2n) is 10.1. The van der Waals surface area contributed by atoms with E-state index in [4.69, 9.17) is 14.2 Å². The number of para-hydroxylation sites is 1. The summed E-state index contributed by atoms with van der Waals surface area (Å²) >= 11 is 0. The summed E-state index contributed by atoms with van der Waals surface area (Å²) < 4.78 is 17.8. The predicted molar refractivity (Wildman–Crippen MR) is 149 cm³/mol. The largest absolute Gasteiger partial charge is 0.492 e. The summed E-state index contributed by atoms with van der Waals surface area (Å²) in [6.07, 6.45) is 4.68. The molecule has 2 aliphatic heterocycles. The second-order valence-corrected chi connectivity index (χ2v) is 10.1. The Kier molecular flexibility index (Phi) is 9.29. The van der Waals surface area contributed by atoms with E-state index in [1.54, 1.807) is 0 Å². The summed E-state index contributed by atoms with van der Waals surface area (Å²) in [5.41, 5.74) is 4.10. The average molecular weight is 515 g/mol. The van der Waals surface area contributed by atoms with Gasteiger partial charge in [0.05, 0.1) is 13.2 Å². The molecule has 1 fully saturated rings. The second kappa shape index (κ2) is 13.4. The fraction of sp³-hybridized carbons (Fsp3) is 0.406. The molecule has 0 atom stereocenters. The molecule has 0 saturated carbocycles. The van der Waals surface area contributed by atoms with E-state index in [1.807, 2.05) is 47.4 Å². The number of carbonyl (C=O) groups is 1. The lowest BCUT2D eigenvalue weighted by molar-refractivity contribution is 0.0571. The van der Waals surface area contributed by atoms with E-state index in [0.717, 1.165) is 35.6 Å². The highest BCUT2D eigenvalue weighted by molar-refractivity contribution is 5.94. The van der Waals surface area contributed by atoms with Gasteiger partial charge in [0, 0.05) is 31.6 Å². The van der Waals surface area contributed by atoms with Crippen molar-refractivity contribution < 1.29 is 19.0 Å². The van der Waals surface area contributed by atoms with Crippen LogP contribution >= 0.6 is 0 Å². The number of rotatable bonds is 5. The van der Waals surface area contributed by atoms with Crippen LogP contribution in [0.1, 0.15) is 46.3 Å². The third kappa shape index (κ3) is 7.36. The van der Waals surface area contributed by atoms with Crippen molar-refractivity contribution in [2.75, 3.05) is 52.6 Å². The van der Waals surface area contributed by atoms with Crippen LogP contribution in [0.4, 0.5) is 0 Å². The molecule has 5 rings (SSSR count). The third-order valence-corrected chi connectivity index (χ3v) is 7.24. The molecule has 200 valence electrons. The molecule has 0 radical (unpaired) electrons. The van der Waals surface area contributed by atoms with Crippen molar-refractivity contribution in [2.45, 2.75) is 32.2 Å². The molecule has 1 saturated heterocycles. The Morgan fingerprint density at radius 2 is 1.63 bits per heavy atom. The van der Waals surface area contributed by atoms with Crippen molar-refractivity contribution in [3.63, 3.8) is 0 Å². The van der Waals surface area contributed by atoms with E-state index >= 15 is 0 Å². The van der Waals surface area contributed by atoms with Gasteiger partial charge in [-0.2, -0.15) is 0 Å². The van der Waals surface area contributed by atoms with Crippen LogP contribution in [-0.2, 0) is 17.7 Å². The molecule has 38 heavy (non-hydrogen) atoms. The average Bonchev–Trinajstić information content (AvgIpc) is 2.95. The van der Waals surface area contributed by atoms with E-state index < -0.39 is 0 Å². The highest BCUT2D eigenvalue weighted by atomic mass is 16.5. The van der Waals surface area contributed by atoms with Crippen LogP contribution in [0.5, 0.6) is 11.5 Å². The summed E-state index contributed by atoms with van der Waals surface area (Å²) in [6, 6.07) is 24.1. The molecule has 2 aliphatic rings. The van der Waals surface area contributed by atoms with Gasteiger partial charge in [0.25, 0.3) is 5.91 Å². The molecule has 3 aromatic rings. The molecule has 3 aromatic carbocycles. The quantitative estimate of drug-likeness (QED) is 0.469. The zero-order chi connectivity index (χ0) is 26.0. The van der Waals surface area contributed by atoms with E-state index in [1.165, 1.54) is 37.9 Å². The predicted octanol–water partition coefficient (Wildman–Crippen LogP) is 5.19. The number of amides is 1. The minimum Gasteiger partial charge on any atom is -0.492 e. The van der Waals surface area contributed by atoms with Crippen molar-refractivity contribution in [3.8, 4) is 11.5 Å². The topological polar surface area (TPSA) is 51.2 Å². The van der Waals surface area contributed by atoms with Crippen molar-refractivity contribution in [2.24, 2.45) is 0 Å². The van der Waals surface area contributed by atoms with E-state index in [0.29, 0.717) is 45.1 Å². The van der Waals surface area contributed by atoms with Crippen LogP contribution < -0.4 is 9.47 Å². The summed E-state index contributed by atoms with van der Waals surface area (Å²) in [4.78, 5) is 17.9. The summed E-state index contributed by atoms with van der Waals surface area (Å²) in [6.45, 7) is 6.39. The molecule has 2 heterocycles. The lowest BCUT2D eigenvalue weighted by Gasteiger charge is -2.26. The highest BCUT2D eigenvalue weighted by Crippen LogP contribution is 2.23. The first-order chi connectivity index (χ1) is 18.7. The fourth-order valence-corrected chi connectivity index (χ4v) is 5.16. The SMILES string of the molecule is O=C(c1ccc(OCCN2CCCCC2)cc1)N1CCOCCOc2ccccc2Cc2cccc(c2)C1. The van der Waals surface area contributed by atoms with Crippen LogP contribution in [0.25, 0.3) is 0 Å². The van der Waals surface area contributed by atoms with Gasteiger partial charge < -0.3 is 19.1 Å².